The molecule has 1 aromatic heterocycles. The lowest BCUT2D eigenvalue weighted by Gasteiger charge is -2.13. The van der Waals surface area contributed by atoms with Crippen molar-refractivity contribution >= 4 is 34.3 Å². The van der Waals surface area contributed by atoms with E-state index in [0.717, 1.165) is 11.1 Å². The number of halogens is 1. The molecule has 0 aliphatic rings. The fourth-order valence-corrected chi connectivity index (χ4v) is 3.93. The van der Waals surface area contributed by atoms with Gasteiger partial charge in [-0.25, -0.2) is 9.37 Å². The molecule has 0 aliphatic heterocycles. The molecule has 0 spiro atoms. The number of anilines is 1. The number of fused-ring (bicyclic) bond motifs is 1. The number of thioether (sulfide) groups is 1. The first-order valence-electron chi connectivity index (χ1n) is 9.73. The highest BCUT2D eigenvalue weighted by Gasteiger charge is 2.14. The molecule has 1 amide bonds. The third-order valence-electron chi connectivity index (χ3n) is 4.75. The molecular weight excluding hydrogens is 413 g/mol. The molecule has 0 fully saturated rings. The molecule has 0 saturated heterocycles. The first-order chi connectivity index (χ1) is 15.0. The van der Waals surface area contributed by atoms with E-state index in [9.17, 15) is 14.0 Å². The molecule has 156 valence electrons. The molecule has 1 N–H and O–H groups in total. The maximum atomic E-state index is 13.3. The predicted octanol–water partition coefficient (Wildman–Crippen LogP) is 4.62. The molecule has 3 aromatic carbocycles. The second-order valence-electron chi connectivity index (χ2n) is 7.13. The van der Waals surface area contributed by atoms with Gasteiger partial charge in [-0.15, -0.1) is 0 Å². The van der Waals surface area contributed by atoms with Gasteiger partial charge in [-0.2, -0.15) is 0 Å². The van der Waals surface area contributed by atoms with Crippen LogP contribution in [0.5, 0.6) is 0 Å². The summed E-state index contributed by atoms with van der Waals surface area (Å²) in [5.41, 5.74) is 2.97. The molecule has 0 atom stereocenters. The summed E-state index contributed by atoms with van der Waals surface area (Å²) in [6.07, 6.45) is 0. The quantitative estimate of drug-likeness (QED) is 0.356. The topological polar surface area (TPSA) is 64.0 Å². The number of hydrogen-bond acceptors (Lipinski definition) is 4. The van der Waals surface area contributed by atoms with Crippen molar-refractivity contribution < 1.29 is 9.18 Å². The number of benzene rings is 3. The number of carbonyl (C=O) groups excluding carboxylic acids is 1. The number of aromatic nitrogens is 2. The lowest BCUT2D eigenvalue weighted by molar-refractivity contribution is -0.113. The predicted molar refractivity (Wildman–Crippen MR) is 122 cm³/mol. The Labute approximate surface area is 182 Å². The van der Waals surface area contributed by atoms with E-state index in [-0.39, 0.29) is 29.6 Å². The van der Waals surface area contributed by atoms with Crippen molar-refractivity contribution in [3.8, 4) is 0 Å². The van der Waals surface area contributed by atoms with E-state index in [1.165, 1.54) is 28.5 Å². The Hall–Kier alpha value is -3.45. The molecule has 5 nitrogen and oxygen atoms in total. The van der Waals surface area contributed by atoms with Gasteiger partial charge in [-0.3, -0.25) is 14.2 Å². The number of amides is 1. The van der Waals surface area contributed by atoms with Crippen molar-refractivity contribution in [2.45, 2.75) is 18.6 Å². The maximum Gasteiger partial charge on any atom is 0.262 e. The third kappa shape index (κ3) is 5.00. The van der Waals surface area contributed by atoms with Gasteiger partial charge >= 0.3 is 0 Å². The summed E-state index contributed by atoms with van der Waals surface area (Å²) in [4.78, 5) is 30.2. The highest BCUT2D eigenvalue weighted by Crippen LogP contribution is 2.20. The Balaban J connectivity index is 1.60. The zero-order chi connectivity index (χ0) is 21.8. The van der Waals surface area contributed by atoms with Crippen molar-refractivity contribution in [2.75, 3.05) is 11.1 Å². The lowest BCUT2D eigenvalue weighted by atomic mass is 10.2. The minimum atomic E-state index is -0.338. The van der Waals surface area contributed by atoms with E-state index in [4.69, 9.17) is 0 Å². The number of aryl methyl sites for hydroxylation is 1. The normalized spacial score (nSPS) is 10.9. The van der Waals surface area contributed by atoms with E-state index >= 15 is 0 Å². The van der Waals surface area contributed by atoms with Crippen LogP contribution in [0.15, 0.2) is 82.7 Å². The third-order valence-corrected chi connectivity index (χ3v) is 5.72. The number of nitrogens with one attached hydrogen (secondary N) is 1. The van der Waals surface area contributed by atoms with Crippen LogP contribution in [-0.2, 0) is 11.3 Å². The van der Waals surface area contributed by atoms with Gasteiger partial charge in [0.05, 0.1) is 23.2 Å². The molecule has 4 aromatic rings. The average Bonchev–Trinajstić information content (AvgIpc) is 2.77. The molecule has 0 aliphatic carbocycles. The highest BCUT2D eigenvalue weighted by molar-refractivity contribution is 7.99. The van der Waals surface area contributed by atoms with Gasteiger partial charge in [-0.05, 0) is 48.9 Å². The van der Waals surface area contributed by atoms with Crippen molar-refractivity contribution in [3.63, 3.8) is 0 Å². The zero-order valence-electron chi connectivity index (χ0n) is 16.8. The van der Waals surface area contributed by atoms with Crippen LogP contribution < -0.4 is 10.9 Å². The molecule has 1 heterocycles. The standard InChI is InChI=1S/C24H20FN3O2S/c1-16-6-12-19(13-7-16)26-22(29)15-31-24-27-21-5-3-2-4-20(21)23(30)28(24)14-17-8-10-18(25)11-9-17/h2-13H,14-15H2,1H3,(H,26,29). The van der Waals surface area contributed by atoms with Crippen LogP contribution >= 0.6 is 11.8 Å². The summed E-state index contributed by atoms with van der Waals surface area (Å²) in [6.45, 7) is 2.21. The summed E-state index contributed by atoms with van der Waals surface area (Å²) < 4.78 is 14.8. The Bertz CT molecular complexity index is 1290. The van der Waals surface area contributed by atoms with E-state index in [0.29, 0.717) is 21.7 Å². The van der Waals surface area contributed by atoms with Gasteiger partial charge in [0.25, 0.3) is 5.56 Å². The van der Waals surface area contributed by atoms with Gasteiger partial charge in [0.1, 0.15) is 5.82 Å². The van der Waals surface area contributed by atoms with E-state index in [2.05, 4.69) is 10.3 Å². The monoisotopic (exact) mass is 433 g/mol. The van der Waals surface area contributed by atoms with E-state index in [1.54, 1.807) is 30.3 Å². The molecular formula is C24H20FN3O2S. The Morgan fingerprint density at radius 3 is 2.48 bits per heavy atom. The van der Waals surface area contributed by atoms with Crippen LogP contribution in [0.2, 0.25) is 0 Å². The second kappa shape index (κ2) is 9.14. The van der Waals surface area contributed by atoms with Crippen LogP contribution in [0.25, 0.3) is 10.9 Å². The number of hydrogen-bond donors (Lipinski definition) is 1. The van der Waals surface area contributed by atoms with Gasteiger partial charge in [-0.1, -0.05) is 53.7 Å². The molecule has 0 radical (unpaired) electrons. The number of para-hydroxylation sites is 1. The average molecular weight is 434 g/mol. The number of rotatable bonds is 6. The fraction of sp³-hybridized carbons (Fsp3) is 0.125. The molecule has 7 heteroatoms. The molecule has 4 rings (SSSR count). The summed E-state index contributed by atoms with van der Waals surface area (Å²) in [5, 5.41) is 3.79. The molecule has 0 unspecified atom stereocenters. The highest BCUT2D eigenvalue weighted by atomic mass is 32.2. The number of nitrogens with zero attached hydrogens (tertiary/aromatic N) is 2. The minimum absolute atomic E-state index is 0.0993. The van der Waals surface area contributed by atoms with Crippen LogP contribution in [0.4, 0.5) is 10.1 Å². The Morgan fingerprint density at radius 1 is 1.03 bits per heavy atom. The summed E-state index contributed by atoms with van der Waals surface area (Å²) in [6, 6.07) is 20.6. The van der Waals surface area contributed by atoms with Gasteiger partial charge < -0.3 is 5.32 Å². The van der Waals surface area contributed by atoms with Crippen LogP contribution in [0.1, 0.15) is 11.1 Å². The molecule has 0 bridgehead atoms. The lowest BCUT2D eigenvalue weighted by Crippen LogP contribution is -2.25. The van der Waals surface area contributed by atoms with Crippen LogP contribution in [0.3, 0.4) is 0 Å². The fourth-order valence-electron chi connectivity index (χ4n) is 3.13. The van der Waals surface area contributed by atoms with Crippen LogP contribution in [0, 0.1) is 12.7 Å². The Kier molecular flexibility index (Phi) is 6.13. The first-order valence-corrected chi connectivity index (χ1v) is 10.7. The van der Waals surface area contributed by atoms with Gasteiger partial charge in [0.2, 0.25) is 5.91 Å². The minimum Gasteiger partial charge on any atom is -0.325 e. The number of carbonyl (C=O) groups is 1. The van der Waals surface area contributed by atoms with Gasteiger partial charge in [0, 0.05) is 5.69 Å². The summed E-state index contributed by atoms with van der Waals surface area (Å²) in [5.74, 6) is -0.429. The van der Waals surface area contributed by atoms with Crippen molar-refractivity contribution in [1.82, 2.24) is 9.55 Å². The van der Waals surface area contributed by atoms with E-state index < -0.39 is 0 Å². The maximum absolute atomic E-state index is 13.3. The first kappa shape index (κ1) is 20.8. The molecule has 31 heavy (non-hydrogen) atoms. The summed E-state index contributed by atoms with van der Waals surface area (Å²) >= 11 is 1.19. The van der Waals surface area contributed by atoms with E-state index in [1.807, 2.05) is 37.3 Å². The summed E-state index contributed by atoms with van der Waals surface area (Å²) in [7, 11) is 0. The smallest absolute Gasteiger partial charge is 0.262 e. The van der Waals surface area contributed by atoms with Crippen LogP contribution in [-0.4, -0.2) is 21.2 Å². The zero-order valence-corrected chi connectivity index (χ0v) is 17.7. The largest absolute Gasteiger partial charge is 0.325 e. The van der Waals surface area contributed by atoms with Gasteiger partial charge in [0.15, 0.2) is 5.16 Å². The van der Waals surface area contributed by atoms with Crippen molar-refractivity contribution in [1.29, 1.82) is 0 Å². The van der Waals surface area contributed by atoms with Crippen molar-refractivity contribution in [2.24, 2.45) is 0 Å². The molecule has 0 saturated carbocycles. The Morgan fingerprint density at radius 2 is 1.74 bits per heavy atom. The SMILES string of the molecule is Cc1ccc(NC(=O)CSc2nc3ccccc3c(=O)n2Cc2ccc(F)cc2)cc1. The van der Waals surface area contributed by atoms with Crippen molar-refractivity contribution in [3.05, 3.63) is 100 Å². The second-order valence-corrected chi connectivity index (χ2v) is 8.07.